The summed E-state index contributed by atoms with van der Waals surface area (Å²) in [6.45, 7) is 4.03. The van der Waals surface area contributed by atoms with Gasteiger partial charge in [0.1, 0.15) is 5.75 Å². The molecule has 71 valence electrons. The topological polar surface area (TPSA) is 22.1 Å². The van der Waals surface area contributed by atoms with Gasteiger partial charge in [0, 0.05) is 11.6 Å². The van der Waals surface area contributed by atoms with Crippen LogP contribution in [-0.4, -0.2) is 11.1 Å². The van der Waals surface area contributed by atoms with Gasteiger partial charge >= 0.3 is 0 Å². The lowest BCUT2D eigenvalue weighted by Gasteiger charge is -2.09. The zero-order valence-corrected chi connectivity index (χ0v) is 8.32. The molecule has 1 heterocycles. The molecule has 14 heavy (non-hydrogen) atoms. The van der Waals surface area contributed by atoms with Crippen molar-refractivity contribution in [2.75, 3.05) is 0 Å². The fraction of sp³-hybridized carbons (Fsp3) is 0.250. The van der Waals surface area contributed by atoms with Gasteiger partial charge < -0.3 is 4.74 Å². The molecule has 0 fully saturated rings. The summed E-state index contributed by atoms with van der Waals surface area (Å²) in [5.74, 6) is 0.895. The summed E-state index contributed by atoms with van der Waals surface area (Å²) < 4.78 is 5.59. The van der Waals surface area contributed by atoms with Crippen LogP contribution < -0.4 is 4.74 Å². The van der Waals surface area contributed by atoms with Crippen LogP contribution in [0.2, 0.25) is 0 Å². The third-order valence-electron chi connectivity index (χ3n) is 1.91. The van der Waals surface area contributed by atoms with E-state index < -0.39 is 0 Å². The average Bonchev–Trinajstić information content (AvgIpc) is 2.17. The van der Waals surface area contributed by atoms with Gasteiger partial charge in [0.2, 0.25) is 0 Å². The Morgan fingerprint density at radius 3 is 2.93 bits per heavy atom. The average molecular weight is 186 g/mol. The number of fused-ring (bicyclic) bond motifs is 1. The number of aromatic nitrogens is 1. The van der Waals surface area contributed by atoms with Crippen molar-refractivity contribution in [1.29, 1.82) is 0 Å². The second kappa shape index (κ2) is 3.66. The molecule has 0 atom stereocenters. The van der Waals surface area contributed by atoms with Crippen LogP contribution in [0.5, 0.6) is 5.75 Å². The Labute approximate surface area is 83.5 Å². The van der Waals surface area contributed by atoms with Crippen LogP contribution in [0.1, 0.15) is 13.8 Å². The predicted molar refractivity (Wildman–Crippen MR) is 56.3 cm³/mol. The summed E-state index contributed by atoms with van der Waals surface area (Å²) in [4.78, 5) is 3.94. The summed E-state index contributed by atoms with van der Waals surface area (Å²) in [5, 5.41) is 2.13. The Bertz CT molecular complexity index is 437. The number of ether oxygens (including phenoxy) is 1. The Balaban J connectivity index is 2.41. The minimum atomic E-state index is 0.207. The molecule has 0 saturated heterocycles. The molecule has 0 bridgehead atoms. The van der Waals surface area contributed by atoms with E-state index in [1.165, 1.54) is 0 Å². The normalized spacial score (nSPS) is 10.8. The predicted octanol–water partition coefficient (Wildman–Crippen LogP) is 2.82. The molecule has 0 aliphatic heterocycles. The molecular weight excluding hydrogens is 174 g/mol. The second-order valence-electron chi connectivity index (χ2n) is 3.47. The Hall–Kier alpha value is -1.57. The van der Waals surface area contributed by atoms with Crippen molar-refractivity contribution in [3.63, 3.8) is 0 Å². The molecule has 0 N–H and O–H groups in total. The fourth-order valence-electron chi connectivity index (χ4n) is 1.35. The van der Waals surface area contributed by atoms with Crippen LogP contribution in [0.25, 0.3) is 10.8 Å². The third kappa shape index (κ3) is 1.84. The minimum absolute atomic E-state index is 0.207. The monoisotopic (exact) mass is 186 g/mol. The minimum Gasteiger partial charge on any atom is -0.491 e. The molecule has 2 rings (SSSR count). The van der Waals surface area contributed by atoms with E-state index in [1.54, 1.807) is 6.20 Å². The van der Waals surface area contributed by atoms with E-state index in [9.17, 15) is 0 Å². The van der Waals surface area contributed by atoms with Gasteiger partial charge in [-0.3, -0.25) is 4.98 Å². The number of rotatable bonds is 2. The zero-order valence-electron chi connectivity index (χ0n) is 8.32. The van der Waals surface area contributed by atoms with E-state index in [4.69, 9.17) is 4.74 Å². The molecule has 0 aliphatic rings. The van der Waals surface area contributed by atoms with Crippen LogP contribution in [0.4, 0.5) is 0 Å². The smallest absolute Gasteiger partial charge is 0.120 e. The quantitative estimate of drug-likeness (QED) is 0.719. The van der Waals surface area contributed by atoms with Crippen molar-refractivity contribution in [1.82, 2.24) is 4.98 Å². The summed E-state index contributed by atoms with van der Waals surface area (Å²) in [6.07, 6.45) is 4.87. The summed E-state index contributed by atoms with van der Waals surface area (Å²) in [7, 11) is 0. The highest BCUT2D eigenvalue weighted by Crippen LogP contribution is 2.20. The molecule has 1 aromatic heterocycles. The number of pyridine rings is 1. The van der Waals surface area contributed by atoms with E-state index in [0.717, 1.165) is 16.5 Å². The maximum atomic E-state index is 5.59. The van der Waals surface area contributed by atoms with Crippen LogP contribution in [0.3, 0.4) is 0 Å². The van der Waals surface area contributed by atoms with Crippen molar-refractivity contribution >= 4 is 10.8 Å². The number of benzene rings is 1. The van der Waals surface area contributed by atoms with Gasteiger partial charge in [0.05, 0.1) is 12.3 Å². The molecule has 1 aromatic carbocycles. The molecule has 0 amide bonds. The zero-order chi connectivity index (χ0) is 9.97. The van der Waals surface area contributed by atoms with Crippen LogP contribution in [-0.2, 0) is 0 Å². The van der Waals surface area contributed by atoms with Gasteiger partial charge in [-0.25, -0.2) is 0 Å². The maximum Gasteiger partial charge on any atom is 0.120 e. The molecule has 2 nitrogen and oxygen atoms in total. The molecule has 0 aliphatic carbocycles. The number of hydrogen-bond donors (Lipinski definition) is 0. The highest BCUT2D eigenvalue weighted by atomic mass is 16.5. The fourth-order valence-corrected chi connectivity index (χ4v) is 1.35. The van der Waals surface area contributed by atoms with Crippen molar-refractivity contribution in [2.45, 2.75) is 20.0 Å². The molecule has 2 aromatic rings. The Morgan fingerprint density at radius 1 is 1.29 bits per heavy atom. The Morgan fingerprint density at radius 2 is 2.14 bits per heavy atom. The van der Waals surface area contributed by atoms with Gasteiger partial charge in [-0.15, -0.1) is 0 Å². The molecule has 0 unspecified atom stereocenters. The van der Waals surface area contributed by atoms with E-state index in [-0.39, 0.29) is 6.10 Å². The third-order valence-corrected chi connectivity index (χ3v) is 1.91. The molecule has 1 radical (unpaired) electrons. The summed E-state index contributed by atoms with van der Waals surface area (Å²) in [6, 6.07) is 7.88. The first-order valence-electron chi connectivity index (χ1n) is 4.69. The van der Waals surface area contributed by atoms with Crippen molar-refractivity contribution in [3.05, 3.63) is 36.7 Å². The van der Waals surface area contributed by atoms with Crippen molar-refractivity contribution < 1.29 is 4.74 Å². The molecular formula is C12H12NO. The summed E-state index contributed by atoms with van der Waals surface area (Å²) in [5.41, 5.74) is 0. The van der Waals surface area contributed by atoms with Gasteiger partial charge in [0.25, 0.3) is 0 Å². The highest BCUT2D eigenvalue weighted by Gasteiger charge is 1.99. The standard InChI is InChI=1S/C12H12NO/c1-9(2)14-12-4-3-11-8-13-6-5-10(11)7-12/h3-7,9H,1-2H3. The van der Waals surface area contributed by atoms with E-state index in [0.29, 0.717) is 0 Å². The first-order chi connectivity index (χ1) is 6.75. The number of nitrogens with zero attached hydrogens (tertiary/aromatic N) is 1. The first-order valence-corrected chi connectivity index (χ1v) is 4.69. The largest absolute Gasteiger partial charge is 0.491 e. The molecule has 2 heteroatoms. The van der Waals surface area contributed by atoms with Gasteiger partial charge in [-0.2, -0.15) is 0 Å². The van der Waals surface area contributed by atoms with Crippen LogP contribution in [0, 0.1) is 6.20 Å². The van der Waals surface area contributed by atoms with E-state index in [1.807, 2.05) is 38.1 Å². The molecule has 0 saturated carbocycles. The van der Waals surface area contributed by atoms with Crippen LogP contribution >= 0.6 is 0 Å². The van der Waals surface area contributed by atoms with E-state index in [2.05, 4.69) is 11.2 Å². The second-order valence-corrected chi connectivity index (χ2v) is 3.47. The lowest BCUT2D eigenvalue weighted by molar-refractivity contribution is 0.243. The SMILES string of the molecule is CC(C)Oc1ccc2[c]nccc2c1. The Kier molecular flexibility index (Phi) is 2.35. The van der Waals surface area contributed by atoms with Crippen molar-refractivity contribution in [2.24, 2.45) is 0 Å². The van der Waals surface area contributed by atoms with E-state index >= 15 is 0 Å². The number of hydrogen-bond acceptors (Lipinski definition) is 2. The van der Waals surface area contributed by atoms with Crippen LogP contribution in [0.15, 0.2) is 30.5 Å². The van der Waals surface area contributed by atoms with Gasteiger partial charge in [0.15, 0.2) is 0 Å². The molecule has 0 spiro atoms. The van der Waals surface area contributed by atoms with Crippen molar-refractivity contribution in [3.8, 4) is 5.75 Å². The lowest BCUT2D eigenvalue weighted by atomic mass is 10.2. The van der Waals surface area contributed by atoms with Gasteiger partial charge in [-0.05, 0) is 43.5 Å². The maximum absolute atomic E-state index is 5.59. The van der Waals surface area contributed by atoms with Gasteiger partial charge in [-0.1, -0.05) is 0 Å². The summed E-state index contributed by atoms with van der Waals surface area (Å²) >= 11 is 0. The highest BCUT2D eigenvalue weighted by molar-refractivity contribution is 5.82. The first kappa shape index (κ1) is 9.00. The lowest BCUT2D eigenvalue weighted by Crippen LogP contribution is -2.05.